The minimum atomic E-state index is -1.000. The van der Waals surface area contributed by atoms with Crippen molar-refractivity contribution in [3.63, 3.8) is 0 Å². The highest BCUT2D eigenvalue weighted by molar-refractivity contribution is 5.74. The molecule has 1 rings (SSSR count). The lowest BCUT2D eigenvalue weighted by molar-refractivity contribution is -0.152. The number of nitrogens with zero attached hydrogens (tertiary/aromatic N) is 1. The standard InChI is InChI=1S/C12H17NO4/c1-12(2,10(17-4)11(14)15)8-5-9(16-3)7-13-6-8/h5-7,10H,1-4H3,(H,14,15). The number of methoxy groups -OCH3 is 2. The first-order valence-electron chi connectivity index (χ1n) is 5.18. The summed E-state index contributed by atoms with van der Waals surface area (Å²) in [4.78, 5) is 15.2. The van der Waals surface area contributed by atoms with E-state index in [0.29, 0.717) is 5.75 Å². The molecular weight excluding hydrogens is 222 g/mol. The molecule has 0 saturated carbocycles. The van der Waals surface area contributed by atoms with Gasteiger partial charge in [0.05, 0.1) is 13.3 Å². The molecule has 0 aromatic carbocycles. The molecule has 0 amide bonds. The molecular formula is C12H17NO4. The van der Waals surface area contributed by atoms with Crippen molar-refractivity contribution in [1.29, 1.82) is 0 Å². The van der Waals surface area contributed by atoms with E-state index in [9.17, 15) is 4.79 Å². The van der Waals surface area contributed by atoms with Crippen molar-refractivity contribution < 1.29 is 19.4 Å². The Morgan fingerprint density at radius 2 is 2.06 bits per heavy atom. The summed E-state index contributed by atoms with van der Waals surface area (Å²) in [6.07, 6.45) is 2.26. The zero-order valence-corrected chi connectivity index (χ0v) is 10.4. The third kappa shape index (κ3) is 2.74. The van der Waals surface area contributed by atoms with Crippen LogP contribution < -0.4 is 4.74 Å². The van der Waals surface area contributed by atoms with E-state index < -0.39 is 17.5 Å². The number of carboxylic acids is 1. The van der Waals surface area contributed by atoms with Gasteiger partial charge in [-0.05, 0) is 11.6 Å². The first kappa shape index (κ1) is 13.4. The lowest BCUT2D eigenvalue weighted by Crippen LogP contribution is -2.41. The molecule has 1 unspecified atom stereocenters. The molecule has 0 aliphatic rings. The number of rotatable bonds is 5. The maximum atomic E-state index is 11.1. The molecule has 1 aromatic rings. The van der Waals surface area contributed by atoms with Gasteiger partial charge in [0.1, 0.15) is 5.75 Å². The predicted molar refractivity (Wildman–Crippen MR) is 62.2 cm³/mol. The van der Waals surface area contributed by atoms with Gasteiger partial charge in [-0.15, -0.1) is 0 Å². The van der Waals surface area contributed by atoms with Crippen LogP contribution in [0.5, 0.6) is 5.75 Å². The topological polar surface area (TPSA) is 68.7 Å². The van der Waals surface area contributed by atoms with E-state index in [1.54, 1.807) is 39.4 Å². The fourth-order valence-electron chi connectivity index (χ4n) is 1.74. The molecule has 94 valence electrons. The molecule has 0 saturated heterocycles. The normalized spacial score (nSPS) is 13.2. The zero-order chi connectivity index (χ0) is 13.1. The summed E-state index contributed by atoms with van der Waals surface area (Å²) in [5.74, 6) is -0.406. The number of pyridine rings is 1. The average Bonchev–Trinajstić information content (AvgIpc) is 2.29. The molecule has 5 nitrogen and oxygen atoms in total. The van der Waals surface area contributed by atoms with Gasteiger partial charge in [-0.3, -0.25) is 4.98 Å². The minimum Gasteiger partial charge on any atom is -0.495 e. The van der Waals surface area contributed by atoms with Crippen LogP contribution in [0.1, 0.15) is 19.4 Å². The van der Waals surface area contributed by atoms with Crippen LogP contribution in [-0.4, -0.2) is 36.4 Å². The van der Waals surface area contributed by atoms with E-state index in [2.05, 4.69) is 4.98 Å². The molecule has 5 heteroatoms. The van der Waals surface area contributed by atoms with Gasteiger partial charge in [-0.1, -0.05) is 13.8 Å². The van der Waals surface area contributed by atoms with Crippen LogP contribution in [0.3, 0.4) is 0 Å². The Labute approximate surface area is 100 Å². The highest BCUT2D eigenvalue weighted by Gasteiger charge is 2.37. The monoisotopic (exact) mass is 239 g/mol. The summed E-state index contributed by atoms with van der Waals surface area (Å²) in [5.41, 5.74) is 0.0633. The lowest BCUT2D eigenvalue weighted by atomic mass is 9.80. The Morgan fingerprint density at radius 1 is 1.41 bits per heavy atom. The third-order valence-electron chi connectivity index (χ3n) is 2.81. The van der Waals surface area contributed by atoms with E-state index in [-0.39, 0.29) is 0 Å². The summed E-state index contributed by atoms with van der Waals surface area (Å²) < 4.78 is 10.1. The van der Waals surface area contributed by atoms with Gasteiger partial charge in [-0.25, -0.2) is 4.79 Å². The summed E-state index contributed by atoms with van der Waals surface area (Å²) in [5, 5.41) is 9.12. The van der Waals surface area contributed by atoms with Crippen molar-refractivity contribution in [2.45, 2.75) is 25.4 Å². The van der Waals surface area contributed by atoms with Crippen LogP contribution in [0.2, 0.25) is 0 Å². The molecule has 17 heavy (non-hydrogen) atoms. The number of aromatic nitrogens is 1. The van der Waals surface area contributed by atoms with Gasteiger partial charge in [0.25, 0.3) is 0 Å². The molecule has 0 aliphatic carbocycles. The quantitative estimate of drug-likeness (QED) is 0.842. The molecule has 0 spiro atoms. The second-order valence-electron chi connectivity index (χ2n) is 4.29. The second-order valence-corrected chi connectivity index (χ2v) is 4.29. The van der Waals surface area contributed by atoms with Crippen molar-refractivity contribution in [3.8, 4) is 5.75 Å². The molecule has 0 radical (unpaired) electrons. The Balaban J connectivity index is 3.14. The maximum absolute atomic E-state index is 11.1. The average molecular weight is 239 g/mol. The molecule has 1 aromatic heterocycles. The minimum absolute atomic E-state index is 0.593. The molecule has 0 fully saturated rings. The smallest absolute Gasteiger partial charge is 0.333 e. The van der Waals surface area contributed by atoms with Gasteiger partial charge >= 0.3 is 5.97 Å². The maximum Gasteiger partial charge on any atom is 0.333 e. The number of carboxylic acid groups (broad SMARTS) is 1. The Morgan fingerprint density at radius 3 is 2.53 bits per heavy atom. The molecule has 1 heterocycles. The number of hydrogen-bond donors (Lipinski definition) is 1. The summed E-state index contributed by atoms with van der Waals surface area (Å²) in [6.45, 7) is 3.59. The van der Waals surface area contributed by atoms with Gasteiger partial charge in [0, 0.05) is 18.7 Å². The van der Waals surface area contributed by atoms with Crippen LogP contribution in [0.15, 0.2) is 18.5 Å². The summed E-state index contributed by atoms with van der Waals surface area (Å²) >= 11 is 0. The van der Waals surface area contributed by atoms with Crippen LogP contribution in [0.25, 0.3) is 0 Å². The van der Waals surface area contributed by atoms with Crippen molar-refractivity contribution in [1.82, 2.24) is 4.98 Å². The lowest BCUT2D eigenvalue weighted by Gasteiger charge is -2.30. The predicted octanol–water partition coefficient (Wildman–Crippen LogP) is 1.47. The first-order valence-corrected chi connectivity index (χ1v) is 5.18. The second kappa shape index (κ2) is 5.14. The van der Waals surface area contributed by atoms with Crippen molar-refractivity contribution >= 4 is 5.97 Å². The Hall–Kier alpha value is -1.62. The number of hydrogen-bond acceptors (Lipinski definition) is 4. The number of aliphatic carboxylic acids is 1. The van der Waals surface area contributed by atoms with E-state index in [0.717, 1.165) is 5.56 Å². The highest BCUT2D eigenvalue weighted by atomic mass is 16.5. The van der Waals surface area contributed by atoms with Crippen LogP contribution >= 0.6 is 0 Å². The fraction of sp³-hybridized carbons (Fsp3) is 0.500. The largest absolute Gasteiger partial charge is 0.495 e. The van der Waals surface area contributed by atoms with Crippen molar-refractivity contribution in [2.75, 3.05) is 14.2 Å². The summed E-state index contributed by atoms with van der Waals surface area (Å²) in [6, 6.07) is 1.77. The van der Waals surface area contributed by atoms with Gasteiger partial charge < -0.3 is 14.6 Å². The number of ether oxygens (including phenoxy) is 2. The summed E-state index contributed by atoms with van der Waals surface area (Å²) in [7, 11) is 2.92. The van der Waals surface area contributed by atoms with E-state index >= 15 is 0 Å². The molecule has 0 bridgehead atoms. The SMILES string of the molecule is COc1cncc(C(C)(C)C(OC)C(=O)O)c1. The molecule has 1 atom stereocenters. The molecule has 0 aliphatic heterocycles. The van der Waals surface area contributed by atoms with Gasteiger partial charge in [0.15, 0.2) is 6.10 Å². The van der Waals surface area contributed by atoms with Crippen LogP contribution in [0, 0.1) is 0 Å². The van der Waals surface area contributed by atoms with E-state index in [4.69, 9.17) is 14.6 Å². The van der Waals surface area contributed by atoms with Crippen LogP contribution in [0.4, 0.5) is 0 Å². The first-order chi connectivity index (χ1) is 7.93. The highest BCUT2D eigenvalue weighted by Crippen LogP contribution is 2.30. The van der Waals surface area contributed by atoms with Crippen LogP contribution in [-0.2, 0) is 14.9 Å². The fourth-order valence-corrected chi connectivity index (χ4v) is 1.74. The molecule has 1 N–H and O–H groups in total. The third-order valence-corrected chi connectivity index (χ3v) is 2.81. The van der Waals surface area contributed by atoms with E-state index in [1.165, 1.54) is 7.11 Å². The number of carbonyl (C=O) groups is 1. The zero-order valence-electron chi connectivity index (χ0n) is 10.4. The van der Waals surface area contributed by atoms with Gasteiger partial charge in [-0.2, -0.15) is 0 Å². The Kier molecular flexibility index (Phi) is 4.07. The Bertz CT molecular complexity index is 403. The van der Waals surface area contributed by atoms with Crippen molar-refractivity contribution in [3.05, 3.63) is 24.0 Å². The van der Waals surface area contributed by atoms with E-state index in [1.807, 2.05) is 0 Å². The van der Waals surface area contributed by atoms with Gasteiger partial charge in [0.2, 0.25) is 0 Å². The van der Waals surface area contributed by atoms with Crippen molar-refractivity contribution in [2.24, 2.45) is 0 Å².